The van der Waals surface area contributed by atoms with Crippen LogP contribution in [0.2, 0.25) is 5.02 Å². The molecule has 0 aliphatic carbocycles. The molecule has 0 bridgehead atoms. The van der Waals surface area contributed by atoms with Crippen molar-refractivity contribution in [3.8, 4) is 6.07 Å². The maximum Gasteiger partial charge on any atom is 0.152 e. The SMILES string of the molecule is CC(=O)C=C(C)c1cc(Cl)c(N)cc1C#N. The minimum absolute atomic E-state index is 0.0747. The van der Waals surface area contributed by atoms with Gasteiger partial charge in [-0.3, -0.25) is 4.79 Å². The Labute approximate surface area is 99.1 Å². The molecule has 2 N–H and O–H groups in total. The number of nitrogens with zero attached hydrogens (tertiary/aromatic N) is 1. The van der Waals surface area contributed by atoms with Gasteiger partial charge in [-0.25, -0.2) is 0 Å². The summed E-state index contributed by atoms with van der Waals surface area (Å²) in [5.41, 5.74) is 7.71. The van der Waals surface area contributed by atoms with Crippen molar-refractivity contribution in [3.05, 3.63) is 34.4 Å². The number of carbonyl (C=O) groups is 1. The first kappa shape index (κ1) is 12.3. The van der Waals surface area contributed by atoms with Crippen molar-refractivity contribution in [2.24, 2.45) is 0 Å². The predicted octanol–water partition coefficient (Wildman–Crippen LogP) is 2.79. The number of nitrogens with two attached hydrogens (primary N) is 1. The fourth-order valence-electron chi connectivity index (χ4n) is 1.39. The molecule has 0 atom stereocenters. The zero-order valence-electron chi connectivity index (χ0n) is 9.04. The summed E-state index contributed by atoms with van der Waals surface area (Å²) in [4.78, 5) is 11.0. The Bertz CT molecular complexity index is 512. The lowest BCUT2D eigenvalue weighted by atomic mass is 10.00. The maximum atomic E-state index is 11.0. The molecule has 0 spiro atoms. The number of allylic oxidation sites excluding steroid dienone is 2. The smallest absolute Gasteiger partial charge is 0.152 e. The summed E-state index contributed by atoms with van der Waals surface area (Å²) in [6.45, 7) is 3.21. The Hall–Kier alpha value is -1.79. The zero-order valence-corrected chi connectivity index (χ0v) is 9.80. The number of benzene rings is 1. The van der Waals surface area contributed by atoms with Crippen molar-refractivity contribution in [2.75, 3.05) is 5.73 Å². The average molecular weight is 235 g/mol. The lowest BCUT2D eigenvalue weighted by Gasteiger charge is -2.06. The molecular formula is C12H11ClN2O. The van der Waals surface area contributed by atoms with E-state index >= 15 is 0 Å². The molecule has 0 unspecified atom stereocenters. The van der Waals surface area contributed by atoms with Crippen LogP contribution >= 0.6 is 11.6 Å². The molecule has 0 heterocycles. The van der Waals surface area contributed by atoms with Gasteiger partial charge in [-0.05, 0) is 43.2 Å². The van der Waals surface area contributed by atoms with Crippen LogP contribution in [-0.2, 0) is 4.79 Å². The summed E-state index contributed by atoms with van der Waals surface area (Å²) in [5.74, 6) is -0.0747. The Balaban J connectivity index is 3.39. The van der Waals surface area contributed by atoms with Crippen LogP contribution in [0.5, 0.6) is 0 Å². The van der Waals surface area contributed by atoms with Crippen molar-refractivity contribution in [1.29, 1.82) is 5.26 Å². The van der Waals surface area contributed by atoms with Gasteiger partial charge in [-0.2, -0.15) is 5.26 Å². The standard InChI is InChI=1S/C12H11ClN2O/c1-7(3-8(2)16)10-5-11(13)12(15)4-9(10)6-14/h3-5H,15H2,1-2H3. The van der Waals surface area contributed by atoms with Gasteiger partial charge in [0.1, 0.15) is 0 Å². The van der Waals surface area contributed by atoms with Crippen LogP contribution in [0.15, 0.2) is 18.2 Å². The van der Waals surface area contributed by atoms with E-state index in [0.717, 1.165) is 0 Å². The molecule has 0 radical (unpaired) electrons. The topological polar surface area (TPSA) is 66.9 Å². The van der Waals surface area contributed by atoms with Crippen LogP contribution in [0.3, 0.4) is 0 Å². The van der Waals surface area contributed by atoms with Crippen LogP contribution in [0, 0.1) is 11.3 Å². The van der Waals surface area contributed by atoms with E-state index in [-0.39, 0.29) is 5.78 Å². The number of carbonyl (C=O) groups excluding carboxylic acids is 1. The minimum atomic E-state index is -0.0747. The van der Waals surface area contributed by atoms with Gasteiger partial charge in [0.25, 0.3) is 0 Å². The van der Waals surface area contributed by atoms with Gasteiger partial charge >= 0.3 is 0 Å². The first-order chi connectivity index (χ1) is 7.45. The van der Waals surface area contributed by atoms with Crippen LogP contribution in [0.4, 0.5) is 5.69 Å². The van der Waals surface area contributed by atoms with E-state index in [0.29, 0.717) is 27.4 Å². The molecular weight excluding hydrogens is 224 g/mol. The molecule has 0 fully saturated rings. The van der Waals surface area contributed by atoms with E-state index in [1.165, 1.54) is 19.1 Å². The van der Waals surface area contributed by atoms with E-state index in [9.17, 15) is 4.79 Å². The van der Waals surface area contributed by atoms with Gasteiger partial charge in [0, 0.05) is 0 Å². The number of ketones is 1. The normalized spacial score (nSPS) is 11.0. The van der Waals surface area contributed by atoms with Gasteiger partial charge in [0.15, 0.2) is 5.78 Å². The molecule has 0 aromatic heterocycles. The number of anilines is 1. The Morgan fingerprint density at radius 2 is 2.12 bits per heavy atom. The number of hydrogen-bond donors (Lipinski definition) is 1. The Kier molecular flexibility index (Phi) is 3.70. The Morgan fingerprint density at radius 1 is 1.50 bits per heavy atom. The highest BCUT2D eigenvalue weighted by Gasteiger charge is 2.08. The van der Waals surface area contributed by atoms with Crippen molar-refractivity contribution in [2.45, 2.75) is 13.8 Å². The summed E-state index contributed by atoms with van der Waals surface area (Å²) in [7, 11) is 0. The molecule has 3 nitrogen and oxygen atoms in total. The van der Waals surface area contributed by atoms with E-state index in [1.807, 2.05) is 6.07 Å². The fourth-order valence-corrected chi connectivity index (χ4v) is 1.56. The number of hydrogen-bond acceptors (Lipinski definition) is 3. The van der Waals surface area contributed by atoms with Crippen LogP contribution in [0.1, 0.15) is 25.0 Å². The fraction of sp³-hybridized carbons (Fsp3) is 0.167. The van der Waals surface area contributed by atoms with Crippen LogP contribution in [-0.4, -0.2) is 5.78 Å². The minimum Gasteiger partial charge on any atom is -0.397 e. The molecule has 82 valence electrons. The lowest BCUT2D eigenvalue weighted by Crippen LogP contribution is -1.94. The molecule has 4 heteroatoms. The number of halogens is 1. The summed E-state index contributed by atoms with van der Waals surface area (Å²) in [5, 5.41) is 9.34. The lowest BCUT2D eigenvalue weighted by molar-refractivity contribution is -0.112. The third kappa shape index (κ3) is 2.62. The molecule has 0 aliphatic heterocycles. The van der Waals surface area contributed by atoms with Gasteiger partial charge in [0.05, 0.1) is 22.3 Å². The van der Waals surface area contributed by atoms with E-state index in [1.54, 1.807) is 13.0 Å². The third-order valence-corrected chi connectivity index (χ3v) is 2.43. The van der Waals surface area contributed by atoms with E-state index in [4.69, 9.17) is 22.6 Å². The molecule has 1 rings (SSSR count). The predicted molar refractivity (Wildman–Crippen MR) is 64.9 cm³/mol. The second-order valence-corrected chi connectivity index (χ2v) is 3.88. The number of nitrogen functional groups attached to an aromatic ring is 1. The first-order valence-corrected chi connectivity index (χ1v) is 5.02. The van der Waals surface area contributed by atoms with Crippen LogP contribution < -0.4 is 5.73 Å². The van der Waals surface area contributed by atoms with Gasteiger partial charge in [-0.1, -0.05) is 11.6 Å². The summed E-state index contributed by atoms with van der Waals surface area (Å²) < 4.78 is 0. The highest BCUT2D eigenvalue weighted by atomic mass is 35.5. The second kappa shape index (κ2) is 4.82. The third-order valence-electron chi connectivity index (χ3n) is 2.10. The number of rotatable bonds is 2. The van der Waals surface area contributed by atoms with Crippen molar-refractivity contribution in [3.63, 3.8) is 0 Å². The molecule has 1 aromatic rings. The highest BCUT2D eigenvalue weighted by molar-refractivity contribution is 6.33. The molecule has 0 amide bonds. The molecule has 1 aromatic carbocycles. The number of nitriles is 1. The molecule has 0 aliphatic rings. The van der Waals surface area contributed by atoms with Gasteiger partial charge in [-0.15, -0.1) is 0 Å². The largest absolute Gasteiger partial charge is 0.397 e. The van der Waals surface area contributed by atoms with Crippen molar-refractivity contribution >= 4 is 28.6 Å². The monoisotopic (exact) mass is 234 g/mol. The zero-order chi connectivity index (χ0) is 12.3. The Morgan fingerprint density at radius 3 is 2.62 bits per heavy atom. The van der Waals surface area contributed by atoms with E-state index in [2.05, 4.69) is 0 Å². The first-order valence-electron chi connectivity index (χ1n) is 4.64. The molecule has 16 heavy (non-hydrogen) atoms. The maximum absolute atomic E-state index is 11.0. The molecule has 0 saturated heterocycles. The highest BCUT2D eigenvalue weighted by Crippen LogP contribution is 2.27. The average Bonchev–Trinajstić information content (AvgIpc) is 2.20. The summed E-state index contributed by atoms with van der Waals surface area (Å²) >= 11 is 5.88. The van der Waals surface area contributed by atoms with Gasteiger partial charge < -0.3 is 5.73 Å². The van der Waals surface area contributed by atoms with E-state index < -0.39 is 0 Å². The quantitative estimate of drug-likeness (QED) is 0.632. The summed E-state index contributed by atoms with van der Waals surface area (Å²) in [6.07, 6.45) is 1.46. The molecule has 0 saturated carbocycles. The van der Waals surface area contributed by atoms with Crippen LogP contribution in [0.25, 0.3) is 5.57 Å². The summed E-state index contributed by atoms with van der Waals surface area (Å²) in [6, 6.07) is 5.14. The van der Waals surface area contributed by atoms with Gasteiger partial charge in [0.2, 0.25) is 0 Å². The van der Waals surface area contributed by atoms with Crippen molar-refractivity contribution < 1.29 is 4.79 Å². The van der Waals surface area contributed by atoms with Crippen molar-refractivity contribution in [1.82, 2.24) is 0 Å². The second-order valence-electron chi connectivity index (χ2n) is 3.47.